The zero-order valence-electron chi connectivity index (χ0n) is 15.0. The summed E-state index contributed by atoms with van der Waals surface area (Å²) in [5, 5.41) is 0.405. The van der Waals surface area contributed by atoms with E-state index in [1.54, 1.807) is 0 Å². The van der Waals surface area contributed by atoms with E-state index in [1.807, 2.05) is 27.7 Å². The Morgan fingerprint density at radius 3 is 2.13 bits per heavy atom. The zero-order valence-corrected chi connectivity index (χ0v) is 16.7. The van der Waals surface area contributed by atoms with E-state index >= 15 is 0 Å². The maximum absolute atomic E-state index is 12.1. The van der Waals surface area contributed by atoms with Crippen LogP contribution in [0.5, 0.6) is 0 Å². The van der Waals surface area contributed by atoms with E-state index in [-0.39, 0.29) is 22.2 Å². The van der Waals surface area contributed by atoms with Gasteiger partial charge < -0.3 is 0 Å². The van der Waals surface area contributed by atoms with Crippen molar-refractivity contribution in [3.05, 3.63) is 0 Å². The first-order chi connectivity index (χ1) is 10.7. The molecular formula is C17H33O4S2+. The molecule has 0 aromatic carbocycles. The highest BCUT2D eigenvalue weighted by molar-refractivity contribution is 8.03. The van der Waals surface area contributed by atoms with Crippen LogP contribution in [-0.2, 0) is 29.7 Å². The molecule has 0 bridgehead atoms. The van der Waals surface area contributed by atoms with Gasteiger partial charge in [-0.3, -0.25) is 4.79 Å². The van der Waals surface area contributed by atoms with Crippen molar-refractivity contribution in [2.75, 3.05) is 5.75 Å². The van der Waals surface area contributed by atoms with Crippen molar-refractivity contribution in [2.45, 2.75) is 89.6 Å². The van der Waals surface area contributed by atoms with E-state index in [0.717, 1.165) is 25.7 Å². The van der Waals surface area contributed by atoms with Gasteiger partial charge in [-0.05, 0) is 57.0 Å². The molecule has 23 heavy (non-hydrogen) atoms. The summed E-state index contributed by atoms with van der Waals surface area (Å²) < 4.78 is 29.6. The predicted molar refractivity (Wildman–Crippen MR) is 97.9 cm³/mol. The molecule has 0 spiro atoms. The van der Waals surface area contributed by atoms with Gasteiger partial charge in [0.05, 0.1) is 5.75 Å². The molecule has 1 rings (SSSR count). The zero-order chi connectivity index (χ0) is 17.5. The second kappa shape index (κ2) is 10.0. The largest absolute Gasteiger partial charge is 0.311 e. The van der Waals surface area contributed by atoms with Crippen LogP contribution >= 0.6 is 0 Å². The lowest BCUT2D eigenvalue weighted by Crippen LogP contribution is -2.30. The van der Waals surface area contributed by atoms with Gasteiger partial charge >= 0.3 is 10.1 Å². The maximum Gasteiger partial charge on any atom is 0.311 e. The van der Waals surface area contributed by atoms with Crippen molar-refractivity contribution >= 4 is 27.1 Å². The lowest BCUT2D eigenvalue weighted by Gasteiger charge is -2.13. The molecule has 4 nitrogen and oxygen atoms in total. The van der Waals surface area contributed by atoms with Crippen LogP contribution in [0.2, 0.25) is 0 Å². The van der Waals surface area contributed by atoms with Crippen LogP contribution in [0.25, 0.3) is 0 Å². The van der Waals surface area contributed by atoms with Crippen molar-refractivity contribution in [3.8, 4) is 0 Å². The first-order valence-corrected chi connectivity index (χ1v) is 11.8. The van der Waals surface area contributed by atoms with E-state index in [9.17, 15) is 13.2 Å². The first-order valence-electron chi connectivity index (χ1n) is 8.90. The molecule has 1 fully saturated rings. The molecule has 6 heteroatoms. The summed E-state index contributed by atoms with van der Waals surface area (Å²) in [6.45, 7) is 7.97. The molecule has 0 amide bonds. The number of unbranched alkanes of at least 4 members (excludes halogenated alkanes) is 2. The van der Waals surface area contributed by atoms with Gasteiger partial charge in [0.25, 0.3) is 0 Å². The topological polar surface area (TPSA) is 60.4 Å². The molecular weight excluding hydrogens is 332 g/mol. The molecule has 0 unspecified atom stereocenters. The number of Topliss-reactive ketones (excluding diaryl/α,β-unsaturated/α-hetero) is 1. The molecule has 0 N–H and O–H groups in total. The second-order valence-electron chi connectivity index (χ2n) is 7.01. The Labute approximate surface area is 145 Å². The lowest BCUT2D eigenvalue weighted by molar-refractivity contribution is -0.122. The van der Waals surface area contributed by atoms with Gasteiger partial charge in [0.1, 0.15) is 16.3 Å². The average molecular weight is 366 g/mol. The Hall–Kier alpha value is -0.0700. The Kier molecular flexibility index (Phi) is 9.16. The molecule has 0 aromatic heterocycles. The number of carbonyl (C=O) groups is 1. The fourth-order valence-corrected chi connectivity index (χ4v) is 7.20. The Morgan fingerprint density at radius 1 is 1.04 bits per heavy atom. The molecule has 0 aromatic rings. The predicted octanol–water partition coefficient (Wildman–Crippen LogP) is 4.00. The van der Waals surface area contributed by atoms with Crippen LogP contribution in [0.4, 0.5) is 0 Å². The number of carbonyl (C=O) groups excluding carboxylic acids is 1. The highest BCUT2D eigenvalue weighted by Crippen LogP contribution is 2.27. The summed E-state index contributed by atoms with van der Waals surface area (Å²) in [6.07, 6.45) is 7.21. The van der Waals surface area contributed by atoms with Gasteiger partial charge in [-0.25, -0.2) is 0 Å². The highest BCUT2D eigenvalue weighted by Gasteiger charge is 2.35. The fourth-order valence-electron chi connectivity index (χ4n) is 3.06. The summed E-state index contributed by atoms with van der Waals surface area (Å²) in [5.74, 6) is 0.719. The van der Waals surface area contributed by atoms with Gasteiger partial charge in [-0.1, -0.05) is 19.3 Å². The van der Waals surface area contributed by atoms with Crippen LogP contribution < -0.4 is 0 Å². The lowest BCUT2D eigenvalue weighted by atomic mass is 9.98. The summed E-state index contributed by atoms with van der Waals surface area (Å²) >= 11 is -0.556. The molecule has 1 aliphatic carbocycles. The molecule has 1 aliphatic rings. The van der Waals surface area contributed by atoms with Gasteiger partial charge in [0.2, 0.25) is 0 Å². The van der Waals surface area contributed by atoms with Crippen LogP contribution in [0.1, 0.15) is 79.1 Å². The van der Waals surface area contributed by atoms with Crippen molar-refractivity contribution in [1.29, 1.82) is 0 Å². The third kappa shape index (κ3) is 8.03. The Balaban J connectivity index is 2.24. The molecule has 0 aliphatic heterocycles. The fraction of sp³-hybridized carbons (Fsp3) is 0.941. The smallest absolute Gasteiger partial charge is 0.299 e. The summed E-state index contributed by atoms with van der Waals surface area (Å²) in [6, 6.07) is 0. The maximum atomic E-state index is 12.1. The van der Waals surface area contributed by atoms with E-state index in [4.69, 9.17) is 3.63 Å². The molecule has 0 atom stereocenters. The van der Waals surface area contributed by atoms with Crippen molar-refractivity contribution < 1.29 is 16.8 Å². The average Bonchev–Trinajstić information content (AvgIpc) is 2.97. The van der Waals surface area contributed by atoms with Crippen LogP contribution in [0, 0.1) is 5.92 Å². The minimum Gasteiger partial charge on any atom is -0.299 e. The monoisotopic (exact) mass is 365 g/mol. The highest BCUT2D eigenvalue weighted by atomic mass is 32.3. The molecule has 1 saturated carbocycles. The molecule has 0 heterocycles. The van der Waals surface area contributed by atoms with E-state index in [0.29, 0.717) is 18.6 Å². The SMILES string of the molecule is CC(C)[S+](OS(=O)(=O)CCCCCC(=O)C1CCCC1)C(C)C. The quantitative estimate of drug-likeness (QED) is 0.410. The van der Waals surface area contributed by atoms with Crippen LogP contribution in [0.3, 0.4) is 0 Å². The Bertz CT molecular complexity index is 443. The molecule has 0 saturated heterocycles. The third-order valence-electron chi connectivity index (χ3n) is 4.24. The van der Waals surface area contributed by atoms with Gasteiger partial charge in [-0.15, -0.1) is 0 Å². The minimum absolute atomic E-state index is 0.0631. The number of ketones is 1. The van der Waals surface area contributed by atoms with E-state index in [1.165, 1.54) is 12.8 Å². The number of rotatable bonds is 11. The minimum atomic E-state index is -3.46. The number of hydrogen-bond donors (Lipinski definition) is 0. The molecule has 0 radical (unpaired) electrons. The van der Waals surface area contributed by atoms with Crippen LogP contribution in [-0.4, -0.2) is 30.5 Å². The Morgan fingerprint density at radius 2 is 1.61 bits per heavy atom. The van der Waals surface area contributed by atoms with Gasteiger partial charge in [0, 0.05) is 12.3 Å². The van der Waals surface area contributed by atoms with E-state index in [2.05, 4.69) is 0 Å². The normalized spacial score (nSPS) is 16.8. The van der Waals surface area contributed by atoms with Gasteiger partial charge in [-0.2, -0.15) is 8.42 Å². The van der Waals surface area contributed by atoms with Gasteiger partial charge in [0.15, 0.2) is 11.2 Å². The molecule has 136 valence electrons. The second-order valence-corrected chi connectivity index (χ2v) is 11.6. The first kappa shape index (κ1) is 21.0. The number of hydrogen-bond acceptors (Lipinski definition) is 4. The summed E-state index contributed by atoms with van der Waals surface area (Å²) in [4.78, 5) is 12.0. The van der Waals surface area contributed by atoms with Crippen molar-refractivity contribution in [1.82, 2.24) is 0 Å². The van der Waals surface area contributed by atoms with Crippen LogP contribution in [0.15, 0.2) is 0 Å². The van der Waals surface area contributed by atoms with E-state index < -0.39 is 21.3 Å². The standard InChI is InChI=1S/C17H33O4S2/c1-14(2)22(15(3)4)21-23(19,20)13-9-5-6-12-17(18)16-10-7-8-11-16/h14-16H,5-13H2,1-4H3/q+1. The third-order valence-corrected chi connectivity index (χ3v) is 8.34. The van der Waals surface area contributed by atoms with Crippen molar-refractivity contribution in [2.24, 2.45) is 5.92 Å². The van der Waals surface area contributed by atoms with Crippen molar-refractivity contribution in [3.63, 3.8) is 0 Å². The summed E-state index contributed by atoms with van der Waals surface area (Å²) in [5.41, 5.74) is 0. The summed E-state index contributed by atoms with van der Waals surface area (Å²) in [7, 11) is -3.46.